The third-order valence-corrected chi connectivity index (χ3v) is 3.99. The monoisotopic (exact) mass is 344 g/mol. The Bertz CT molecular complexity index is 657. The largest absolute Gasteiger partial charge is 0.497 e. The first-order valence-corrected chi connectivity index (χ1v) is 7.67. The summed E-state index contributed by atoms with van der Waals surface area (Å²) in [6.07, 6.45) is -2.20. The fraction of sp³-hybridized carbons (Fsp3) is 0.333. The van der Waals surface area contributed by atoms with Crippen LogP contribution in [-0.4, -0.2) is 18.0 Å². The van der Waals surface area contributed by atoms with E-state index in [0.717, 1.165) is 11.1 Å². The van der Waals surface area contributed by atoms with E-state index in [2.05, 4.69) is 10.3 Å². The summed E-state index contributed by atoms with van der Waals surface area (Å²) >= 11 is 1.44. The van der Waals surface area contributed by atoms with Crippen LogP contribution >= 0.6 is 11.3 Å². The molecule has 1 amide bonds. The van der Waals surface area contributed by atoms with Crippen molar-refractivity contribution in [2.45, 2.75) is 25.6 Å². The highest BCUT2D eigenvalue weighted by molar-refractivity contribution is 7.09. The molecule has 0 bridgehead atoms. The number of hydrogen-bond acceptors (Lipinski definition) is 4. The number of amides is 1. The van der Waals surface area contributed by atoms with Crippen LogP contribution in [0.15, 0.2) is 29.8 Å². The Balaban J connectivity index is 1.98. The molecule has 4 nitrogen and oxygen atoms in total. The van der Waals surface area contributed by atoms with Crippen molar-refractivity contribution in [1.82, 2.24) is 10.3 Å². The van der Waals surface area contributed by atoms with Crippen LogP contribution in [0.3, 0.4) is 0 Å². The van der Waals surface area contributed by atoms with Crippen LogP contribution in [0.4, 0.5) is 13.2 Å². The maximum Gasteiger partial charge on any atom is 0.416 e. The number of nitrogens with one attached hydrogen (secondary N) is 1. The summed E-state index contributed by atoms with van der Waals surface area (Å²) in [4.78, 5) is 15.8. The van der Waals surface area contributed by atoms with Crippen LogP contribution < -0.4 is 10.1 Å². The zero-order valence-corrected chi connectivity index (χ0v) is 13.1. The van der Waals surface area contributed by atoms with E-state index in [9.17, 15) is 18.0 Å². The predicted molar refractivity (Wildman–Crippen MR) is 80.3 cm³/mol. The number of halogens is 3. The number of alkyl halides is 3. The first-order valence-electron chi connectivity index (χ1n) is 6.79. The van der Waals surface area contributed by atoms with Gasteiger partial charge < -0.3 is 10.1 Å². The lowest BCUT2D eigenvalue weighted by Crippen LogP contribution is -2.24. The number of benzene rings is 1. The number of methoxy groups -OCH3 is 1. The second-order valence-corrected chi connectivity index (χ2v) is 5.70. The van der Waals surface area contributed by atoms with E-state index in [4.69, 9.17) is 4.74 Å². The fourth-order valence-corrected chi connectivity index (χ4v) is 2.60. The number of aromatic nitrogens is 1. The summed E-state index contributed by atoms with van der Waals surface area (Å²) < 4.78 is 44.0. The average Bonchev–Trinajstić information content (AvgIpc) is 3.03. The number of hydrogen-bond donors (Lipinski definition) is 1. The van der Waals surface area contributed by atoms with Crippen LogP contribution in [0.2, 0.25) is 0 Å². The van der Waals surface area contributed by atoms with Gasteiger partial charge in [0.25, 0.3) is 0 Å². The van der Waals surface area contributed by atoms with Crippen molar-refractivity contribution in [3.8, 4) is 5.75 Å². The topological polar surface area (TPSA) is 51.2 Å². The third kappa shape index (κ3) is 4.95. The molecule has 2 aromatic rings. The molecule has 1 heterocycles. The maximum atomic E-state index is 13.0. The number of carbonyl (C=O) groups is 1. The van der Waals surface area contributed by atoms with E-state index in [-0.39, 0.29) is 30.2 Å². The minimum Gasteiger partial charge on any atom is -0.497 e. The van der Waals surface area contributed by atoms with Crippen molar-refractivity contribution in [3.63, 3.8) is 0 Å². The Hall–Kier alpha value is -2.09. The molecule has 8 heteroatoms. The molecule has 0 aliphatic heterocycles. The predicted octanol–water partition coefficient (Wildman–Crippen LogP) is 3.42. The fourth-order valence-electron chi connectivity index (χ4n) is 1.98. The van der Waals surface area contributed by atoms with Gasteiger partial charge in [0.05, 0.1) is 17.7 Å². The average molecular weight is 344 g/mol. The normalized spacial score (nSPS) is 11.3. The van der Waals surface area contributed by atoms with Crippen molar-refractivity contribution in [3.05, 3.63) is 45.9 Å². The molecule has 1 aromatic heterocycles. The Morgan fingerprint density at radius 3 is 2.78 bits per heavy atom. The minimum absolute atomic E-state index is 0.000832. The summed E-state index contributed by atoms with van der Waals surface area (Å²) in [6, 6.07) is 3.67. The van der Waals surface area contributed by atoms with Gasteiger partial charge >= 0.3 is 6.18 Å². The quantitative estimate of drug-likeness (QED) is 0.874. The molecule has 1 aromatic carbocycles. The highest BCUT2D eigenvalue weighted by Gasteiger charge is 2.33. The Morgan fingerprint density at radius 2 is 2.17 bits per heavy atom. The van der Waals surface area contributed by atoms with Gasteiger partial charge in [0.15, 0.2) is 0 Å². The second-order valence-electron chi connectivity index (χ2n) is 4.72. The molecule has 23 heavy (non-hydrogen) atoms. The molecule has 0 spiro atoms. The van der Waals surface area contributed by atoms with Crippen LogP contribution in [0.5, 0.6) is 5.75 Å². The number of thiazole rings is 1. The van der Waals surface area contributed by atoms with Crippen LogP contribution in [0, 0.1) is 0 Å². The van der Waals surface area contributed by atoms with Gasteiger partial charge in [0.1, 0.15) is 5.75 Å². The molecule has 124 valence electrons. The Labute approximate surface area is 135 Å². The first-order chi connectivity index (χ1) is 10.9. The number of carbonyl (C=O) groups excluding carboxylic acids is 1. The van der Waals surface area contributed by atoms with Gasteiger partial charge in [0, 0.05) is 31.0 Å². The molecule has 0 aliphatic rings. The molecular formula is C15H15F3N2O2S. The lowest BCUT2D eigenvalue weighted by Gasteiger charge is -2.14. The third-order valence-electron chi connectivity index (χ3n) is 3.15. The summed E-state index contributed by atoms with van der Waals surface area (Å²) in [6.45, 7) is -0.185. The summed E-state index contributed by atoms with van der Waals surface area (Å²) in [5.74, 6) is -0.194. The molecule has 0 saturated carbocycles. The standard InChI is InChI=1S/C15H15F3N2O2S/c1-22-11-3-2-10(12(8-11)15(16,17)18)9-20-13(21)4-5-14-19-6-7-23-14/h2-3,6-8H,4-5,9H2,1H3,(H,20,21). The van der Waals surface area contributed by atoms with E-state index in [1.54, 1.807) is 11.6 Å². The summed E-state index contributed by atoms with van der Waals surface area (Å²) in [5, 5.41) is 5.13. The van der Waals surface area contributed by atoms with Gasteiger partial charge in [-0.25, -0.2) is 4.98 Å². The molecule has 0 atom stereocenters. The molecule has 0 radical (unpaired) electrons. The molecule has 0 unspecified atom stereocenters. The van der Waals surface area contributed by atoms with Crippen molar-refractivity contribution >= 4 is 17.2 Å². The van der Waals surface area contributed by atoms with Crippen molar-refractivity contribution in [2.24, 2.45) is 0 Å². The van der Waals surface area contributed by atoms with Crippen molar-refractivity contribution < 1.29 is 22.7 Å². The molecule has 0 fully saturated rings. The molecule has 0 saturated heterocycles. The molecule has 0 aliphatic carbocycles. The minimum atomic E-state index is -4.50. The van der Waals surface area contributed by atoms with Gasteiger partial charge in [-0.1, -0.05) is 6.07 Å². The number of ether oxygens (including phenoxy) is 1. The lowest BCUT2D eigenvalue weighted by molar-refractivity contribution is -0.138. The van der Waals surface area contributed by atoms with Gasteiger partial charge in [-0.2, -0.15) is 13.2 Å². The molecule has 1 N–H and O–H groups in total. The highest BCUT2D eigenvalue weighted by Crippen LogP contribution is 2.34. The van der Waals surface area contributed by atoms with Crippen LogP contribution in [0.1, 0.15) is 22.6 Å². The van der Waals surface area contributed by atoms with Gasteiger partial charge in [-0.15, -0.1) is 11.3 Å². The number of nitrogens with zero attached hydrogens (tertiary/aromatic N) is 1. The Morgan fingerprint density at radius 1 is 1.39 bits per heavy atom. The smallest absolute Gasteiger partial charge is 0.416 e. The van der Waals surface area contributed by atoms with E-state index >= 15 is 0 Å². The molecular weight excluding hydrogens is 329 g/mol. The van der Waals surface area contributed by atoms with Gasteiger partial charge in [-0.3, -0.25) is 4.79 Å². The van der Waals surface area contributed by atoms with E-state index in [1.165, 1.54) is 30.6 Å². The summed E-state index contributed by atoms with van der Waals surface area (Å²) in [7, 11) is 1.30. The van der Waals surface area contributed by atoms with Crippen molar-refractivity contribution in [2.75, 3.05) is 7.11 Å². The maximum absolute atomic E-state index is 13.0. The first kappa shape index (κ1) is 17.3. The lowest BCUT2D eigenvalue weighted by atomic mass is 10.1. The van der Waals surface area contributed by atoms with E-state index in [1.807, 2.05) is 0 Å². The summed E-state index contributed by atoms with van der Waals surface area (Å²) in [5.41, 5.74) is -0.807. The van der Waals surface area contributed by atoms with E-state index < -0.39 is 11.7 Å². The zero-order valence-electron chi connectivity index (χ0n) is 12.3. The Kier molecular flexibility index (Phi) is 5.59. The number of rotatable bonds is 6. The van der Waals surface area contributed by atoms with Crippen molar-refractivity contribution in [1.29, 1.82) is 0 Å². The second kappa shape index (κ2) is 7.45. The molecule has 2 rings (SSSR count). The van der Waals surface area contributed by atoms with Gasteiger partial charge in [-0.05, 0) is 17.7 Å². The van der Waals surface area contributed by atoms with Crippen LogP contribution in [-0.2, 0) is 23.9 Å². The number of aryl methyl sites for hydroxylation is 1. The van der Waals surface area contributed by atoms with E-state index in [0.29, 0.717) is 6.42 Å². The van der Waals surface area contributed by atoms with Crippen LogP contribution in [0.25, 0.3) is 0 Å². The van der Waals surface area contributed by atoms with Gasteiger partial charge in [0.2, 0.25) is 5.91 Å². The highest BCUT2D eigenvalue weighted by atomic mass is 32.1. The SMILES string of the molecule is COc1ccc(CNC(=O)CCc2nccs2)c(C(F)(F)F)c1. The zero-order chi connectivity index (χ0) is 16.9.